The first kappa shape index (κ1) is 13.9. The third-order valence-electron chi connectivity index (χ3n) is 2.92. The van der Waals surface area contributed by atoms with Crippen molar-refractivity contribution in [2.45, 2.75) is 0 Å². The number of benzene rings is 1. The quantitative estimate of drug-likeness (QED) is 0.466. The number of carbonyl (C=O) groups is 1. The lowest BCUT2D eigenvalue weighted by atomic mass is 10.2. The molecular weight excluding hydrogens is 304 g/mol. The Balaban J connectivity index is 1.76. The van der Waals surface area contributed by atoms with Crippen molar-refractivity contribution in [3.63, 3.8) is 0 Å². The van der Waals surface area contributed by atoms with Crippen LogP contribution < -0.4 is 0 Å². The molecule has 3 rings (SSSR count). The molecule has 21 heavy (non-hydrogen) atoms. The predicted molar refractivity (Wildman–Crippen MR) is 86.8 cm³/mol. The molecule has 2 aromatic heterocycles. The van der Waals surface area contributed by atoms with E-state index in [1.165, 1.54) is 17.4 Å². The van der Waals surface area contributed by atoms with Gasteiger partial charge in [0.1, 0.15) is 11.5 Å². The molecule has 0 aliphatic heterocycles. The highest BCUT2D eigenvalue weighted by molar-refractivity contribution is 7.12. The van der Waals surface area contributed by atoms with Crippen LogP contribution in [0.1, 0.15) is 15.4 Å². The summed E-state index contributed by atoms with van der Waals surface area (Å²) in [6.45, 7) is 0. The summed E-state index contributed by atoms with van der Waals surface area (Å²) in [7, 11) is 0. The summed E-state index contributed by atoms with van der Waals surface area (Å²) in [5.74, 6) is 1.37. The lowest BCUT2D eigenvalue weighted by Gasteiger charge is -1.96. The second-order valence-corrected chi connectivity index (χ2v) is 5.77. The number of allylic oxidation sites excluding steroid dienone is 1. The van der Waals surface area contributed by atoms with Crippen molar-refractivity contribution in [2.75, 3.05) is 0 Å². The van der Waals surface area contributed by atoms with Gasteiger partial charge in [0.25, 0.3) is 0 Å². The molecular formula is C17H11ClO2S. The SMILES string of the molecule is O=C(C=Cc1ccc(-c2ccc(Cl)cc2)o1)c1cccs1. The smallest absolute Gasteiger partial charge is 0.195 e. The Morgan fingerprint density at radius 1 is 1.10 bits per heavy atom. The highest BCUT2D eigenvalue weighted by Crippen LogP contribution is 2.24. The maximum Gasteiger partial charge on any atom is 0.195 e. The fraction of sp³-hybridized carbons (Fsp3) is 0. The molecule has 2 nitrogen and oxygen atoms in total. The first-order valence-corrected chi connectivity index (χ1v) is 7.60. The number of ketones is 1. The second-order valence-electron chi connectivity index (χ2n) is 4.38. The number of carbonyl (C=O) groups excluding carboxylic acids is 1. The summed E-state index contributed by atoms with van der Waals surface area (Å²) < 4.78 is 5.70. The van der Waals surface area contributed by atoms with Crippen LogP contribution in [0.3, 0.4) is 0 Å². The normalized spacial score (nSPS) is 11.1. The first-order valence-electron chi connectivity index (χ1n) is 6.34. The maximum absolute atomic E-state index is 11.9. The molecule has 0 saturated heterocycles. The number of halogens is 1. The van der Waals surface area contributed by atoms with Crippen LogP contribution in [0.15, 0.2) is 64.4 Å². The van der Waals surface area contributed by atoms with Gasteiger partial charge in [0.2, 0.25) is 0 Å². The summed E-state index contributed by atoms with van der Waals surface area (Å²) in [6, 6.07) is 14.8. The van der Waals surface area contributed by atoms with Gasteiger partial charge >= 0.3 is 0 Å². The van der Waals surface area contributed by atoms with Crippen LogP contribution in [-0.4, -0.2) is 5.78 Å². The highest BCUT2D eigenvalue weighted by atomic mass is 35.5. The molecule has 0 aliphatic rings. The summed E-state index contributed by atoms with van der Waals surface area (Å²) in [6.07, 6.45) is 3.21. The Bertz CT molecular complexity index is 767. The number of hydrogen-bond acceptors (Lipinski definition) is 3. The molecule has 0 saturated carbocycles. The van der Waals surface area contributed by atoms with Crippen LogP contribution in [0.4, 0.5) is 0 Å². The molecule has 0 amide bonds. The van der Waals surface area contributed by atoms with Crippen molar-refractivity contribution < 1.29 is 9.21 Å². The van der Waals surface area contributed by atoms with Crippen molar-refractivity contribution in [3.05, 3.63) is 75.6 Å². The second kappa shape index (κ2) is 6.12. The lowest BCUT2D eigenvalue weighted by Crippen LogP contribution is -1.87. The Hall–Kier alpha value is -2.10. The molecule has 0 fully saturated rings. The number of furan rings is 1. The van der Waals surface area contributed by atoms with E-state index < -0.39 is 0 Å². The van der Waals surface area contributed by atoms with Crippen molar-refractivity contribution >= 4 is 34.8 Å². The predicted octanol–water partition coefficient (Wildman–Crippen LogP) is 5.56. The van der Waals surface area contributed by atoms with Crippen LogP contribution >= 0.6 is 22.9 Å². The van der Waals surface area contributed by atoms with E-state index in [2.05, 4.69) is 0 Å². The lowest BCUT2D eigenvalue weighted by molar-refractivity contribution is 0.105. The van der Waals surface area contributed by atoms with Crippen LogP contribution in [0.25, 0.3) is 17.4 Å². The fourth-order valence-corrected chi connectivity index (χ4v) is 2.64. The number of rotatable bonds is 4. The molecule has 0 unspecified atom stereocenters. The van der Waals surface area contributed by atoms with Gasteiger partial charge in [-0.15, -0.1) is 11.3 Å². The van der Waals surface area contributed by atoms with E-state index in [9.17, 15) is 4.79 Å². The summed E-state index contributed by atoms with van der Waals surface area (Å²) in [5, 5.41) is 2.57. The van der Waals surface area contributed by atoms with Gasteiger partial charge in [0.05, 0.1) is 4.88 Å². The van der Waals surface area contributed by atoms with E-state index in [-0.39, 0.29) is 5.78 Å². The van der Waals surface area contributed by atoms with Crippen LogP contribution in [0.5, 0.6) is 0 Å². The Kier molecular flexibility index (Phi) is 4.04. The van der Waals surface area contributed by atoms with E-state index in [1.807, 2.05) is 47.8 Å². The largest absolute Gasteiger partial charge is 0.457 e. The molecule has 0 N–H and O–H groups in total. The van der Waals surface area contributed by atoms with Gasteiger partial charge in [-0.1, -0.05) is 17.7 Å². The Labute approximate surface area is 131 Å². The van der Waals surface area contributed by atoms with Gasteiger partial charge in [0, 0.05) is 10.6 Å². The number of thiophene rings is 1. The van der Waals surface area contributed by atoms with Crippen LogP contribution in [-0.2, 0) is 0 Å². The van der Waals surface area contributed by atoms with Gasteiger partial charge in [-0.05, 0) is 60.0 Å². The van der Waals surface area contributed by atoms with E-state index in [4.69, 9.17) is 16.0 Å². The minimum absolute atomic E-state index is 0.0190. The van der Waals surface area contributed by atoms with Gasteiger partial charge < -0.3 is 4.42 Å². The zero-order chi connectivity index (χ0) is 14.7. The summed E-state index contributed by atoms with van der Waals surface area (Å²) in [5.41, 5.74) is 0.948. The van der Waals surface area contributed by atoms with Crippen molar-refractivity contribution in [3.8, 4) is 11.3 Å². The minimum atomic E-state index is -0.0190. The summed E-state index contributed by atoms with van der Waals surface area (Å²) in [4.78, 5) is 12.6. The highest BCUT2D eigenvalue weighted by Gasteiger charge is 2.05. The topological polar surface area (TPSA) is 30.2 Å². The third kappa shape index (κ3) is 3.32. The molecule has 3 aromatic rings. The number of hydrogen-bond donors (Lipinski definition) is 0. The average Bonchev–Trinajstić information content (AvgIpc) is 3.17. The van der Waals surface area contributed by atoms with Crippen LogP contribution in [0, 0.1) is 0 Å². The molecule has 0 aliphatic carbocycles. The first-order chi connectivity index (χ1) is 10.2. The van der Waals surface area contributed by atoms with Crippen LogP contribution in [0.2, 0.25) is 5.02 Å². The minimum Gasteiger partial charge on any atom is -0.457 e. The maximum atomic E-state index is 11.9. The molecule has 0 spiro atoms. The zero-order valence-electron chi connectivity index (χ0n) is 11.0. The van der Waals surface area contributed by atoms with Crippen molar-refractivity contribution in [1.29, 1.82) is 0 Å². The van der Waals surface area contributed by atoms with Gasteiger partial charge in [0.15, 0.2) is 5.78 Å². The molecule has 0 radical (unpaired) electrons. The molecule has 1 aromatic carbocycles. The van der Waals surface area contributed by atoms with E-state index in [0.29, 0.717) is 10.8 Å². The average molecular weight is 315 g/mol. The molecule has 2 heterocycles. The summed E-state index contributed by atoms with van der Waals surface area (Å²) >= 11 is 7.29. The Morgan fingerprint density at radius 3 is 2.62 bits per heavy atom. The van der Waals surface area contributed by atoms with Gasteiger partial charge in [-0.25, -0.2) is 0 Å². The van der Waals surface area contributed by atoms with Crippen molar-refractivity contribution in [2.24, 2.45) is 0 Å². The third-order valence-corrected chi connectivity index (χ3v) is 4.05. The van der Waals surface area contributed by atoms with Gasteiger partial charge in [-0.3, -0.25) is 4.79 Å². The van der Waals surface area contributed by atoms with Crippen molar-refractivity contribution in [1.82, 2.24) is 0 Å². The molecule has 0 bridgehead atoms. The standard InChI is InChI=1S/C17H11ClO2S/c18-13-5-3-12(4-6-13)16-10-8-14(20-16)7-9-15(19)17-2-1-11-21-17/h1-11H. The molecule has 0 atom stereocenters. The monoisotopic (exact) mass is 314 g/mol. The Morgan fingerprint density at radius 2 is 1.90 bits per heavy atom. The fourth-order valence-electron chi connectivity index (χ4n) is 1.87. The van der Waals surface area contributed by atoms with E-state index >= 15 is 0 Å². The van der Waals surface area contributed by atoms with Gasteiger partial charge in [-0.2, -0.15) is 0 Å². The molecule has 104 valence electrons. The zero-order valence-corrected chi connectivity index (χ0v) is 12.5. The van der Waals surface area contributed by atoms with E-state index in [1.54, 1.807) is 12.1 Å². The van der Waals surface area contributed by atoms with E-state index in [0.717, 1.165) is 16.2 Å². The molecule has 4 heteroatoms.